The molecular weight excluding hydrogens is 583 g/mol. The molecule has 1 aliphatic rings. The van der Waals surface area contributed by atoms with Crippen LogP contribution in [-0.4, -0.2) is 43.5 Å². The van der Waals surface area contributed by atoms with Gasteiger partial charge in [0, 0.05) is 30.2 Å². The van der Waals surface area contributed by atoms with Crippen LogP contribution in [-0.2, 0) is 27.9 Å². The predicted octanol–water partition coefficient (Wildman–Crippen LogP) is 5.03. The zero-order valence-corrected chi connectivity index (χ0v) is 23.2. The quantitative estimate of drug-likeness (QED) is 0.354. The van der Waals surface area contributed by atoms with E-state index in [1.54, 1.807) is 12.1 Å². The van der Waals surface area contributed by atoms with Crippen molar-refractivity contribution in [3.63, 3.8) is 0 Å². The lowest BCUT2D eigenvalue weighted by atomic mass is 10.1. The van der Waals surface area contributed by atoms with Gasteiger partial charge in [0.2, 0.25) is 15.9 Å². The van der Waals surface area contributed by atoms with Crippen molar-refractivity contribution in [2.24, 2.45) is 0 Å². The van der Waals surface area contributed by atoms with Gasteiger partial charge in [0.15, 0.2) is 0 Å². The second-order valence-corrected chi connectivity index (χ2v) is 11.7. The van der Waals surface area contributed by atoms with Crippen LogP contribution >= 0.6 is 11.6 Å². The van der Waals surface area contributed by atoms with E-state index in [1.165, 1.54) is 52.8 Å². The lowest BCUT2D eigenvalue weighted by molar-refractivity contribution is -0.274. The van der Waals surface area contributed by atoms with Gasteiger partial charge in [-0.15, -0.1) is 13.2 Å². The molecule has 8 nitrogen and oxygen atoms in total. The highest BCUT2D eigenvalue weighted by molar-refractivity contribution is 7.89. The summed E-state index contributed by atoms with van der Waals surface area (Å²) < 4.78 is 69.3. The van der Waals surface area contributed by atoms with E-state index in [2.05, 4.69) is 15.4 Å². The first-order valence-corrected chi connectivity index (χ1v) is 14.5. The summed E-state index contributed by atoms with van der Waals surface area (Å²) in [7, 11) is -4.08. The maximum absolute atomic E-state index is 13.7. The highest BCUT2D eigenvalue weighted by Gasteiger charge is 2.36. The normalized spacial score (nSPS) is 16.1. The molecule has 0 spiro atoms. The third-order valence-corrected chi connectivity index (χ3v) is 8.56. The molecule has 2 amide bonds. The van der Waals surface area contributed by atoms with E-state index in [9.17, 15) is 31.2 Å². The third-order valence-electron chi connectivity index (χ3n) is 6.44. The van der Waals surface area contributed by atoms with Crippen LogP contribution < -0.4 is 15.4 Å². The minimum atomic E-state index is -4.79. The second-order valence-electron chi connectivity index (χ2n) is 9.38. The fraction of sp³-hybridized carbons (Fsp3) is 0.286. The first-order chi connectivity index (χ1) is 19.4. The summed E-state index contributed by atoms with van der Waals surface area (Å²) in [4.78, 5) is 25.5. The van der Waals surface area contributed by atoms with E-state index < -0.39 is 28.3 Å². The summed E-state index contributed by atoms with van der Waals surface area (Å²) in [5, 5.41) is 5.85. The van der Waals surface area contributed by atoms with Gasteiger partial charge in [-0.3, -0.25) is 9.59 Å². The molecule has 1 aliphatic heterocycles. The predicted molar refractivity (Wildman–Crippen MR) is 146 cm³/mol. The van der Waals surface area contributed by atoms with Gasteiger partial charge < -0.3 is 15.4 Å². The van der Waals surface area contributed by atoms with E-state index in [-0.39, 0.29) is 29.6 Å². The van der Waals surface area contributed by atoms with Gasteiger partial charge in [0.1, 0.15) is 11.8 Å². The summed E-state index contributed by atoms with van der Waals surface area (Å²) >= 11 is 5.94. The van der Waals surface area contributed by atoms with E-state index in [4.69, 9.17) is 11.6 Å². The summed E-state index contributed by atoms with van der Waals surface area (Å²) in [6, 6.07) is 16.2. The van der Waals surface area contributed by atoms with Crippen LogP contribution in [0.1, 0.15) is 40.7 Å². The number of amides is 2. The number of ether oxygens (including phenoxy) is 1. The van der Waals surface area contributed by atoms with Crippen molar-refractivity contribution in [1.82, 2.24) is 14.9 Å². The Morgan fingerprint density at radius 3 is 2.24 bits per heavy atom. The topological polar surface area (TPSA) is 105 Å². The molecule has 0 unspecified atom stereocenters. The smallest absolute Gasteiger partial charge is 0.406 e. The summed E-state index contributed by atoms with van der Waals surface area (Å²) in [5.41, 5.74) is 1.43. The lowest BCUT2D eigenvalue weighted by Gasteiger charge is -2.29. The van der Waals surface area contributed by atoms with Gasteiger partial charge in [-0.2, -0.15) is 4.31 Å². The monoisotopic (exact) mass is 609 g/mol. The standard InChI is InChI=1S/C28H27ClF3N3O5S/c29-22-10-14-24(15-11-22)41(38,39)35(25-3-1-2-16-33-27(25)37)18-20-4-8-21(9-5-20)26(36)34-17-19-6-12-23(13-7-19)40-28(30,31)32/h4-15,25H,1-3,16-18H2,(H,33,37)(H,34,36)/t25-/m1/s1. The van der Waals surface area contributed by atoms with Crippen molar-refractivity contribution in [3.05, 3.63) is 94.5 Å². The van der Waals surface area contributed by atoms with E-state index in [1.807, 2.05) is 0 Å². The van der Waals surface area contributed by atoms with Crippen LogP contribution in [0.2, 0.25) is 5.02 Å². The van der Waals surface area contributed by atoms with E-state index in [0.717, 1.165) is 18.6 Å². The number of alkyl halides is 3. The Labute approximate surface area is 240 Å². The number of nitrogens with zero attached hydrogens (tertiary/aromatic N) is 1. The average Bonchev–Trinajstić information content (AvgIpc) is 3.14. The van der Waals surface area contributed by atoms with Gasteiger partial charge in [-0.25, -0.2) is 8.42 Å². The number of nitrogens with one attached hydrogen (secondary N) is 2. The van der Waals surface area contributed by atoms with Crippen LogP contribution in [0.25, 0.3) is 0 Å². The Bertz CT molecular complexity index is 1470. The minimum absolute atomic E-state index is 0.00736. The fourth-order valence-corrected chi connectivity index (χ4v) is 6.07. The van der Waals surface area contributed by atoms with Gasteiger partial charge in [0.05, 0.1) is 4.90 Å². The van der Waals surface area contributed by atoms with Crippen molar-refractivity contribution in [3.8, 4) is 5.75 Å². The maximum atomic E-state index is 13.7. The molecule has 3 aromatic carbocycles. The van der Waals surface area contributed by atoms with Crippen LogP contribution in [0, 0.1) is 0 Å². The molecule has 0 saturated carbocycles. The Hall–Kier alpha value is -3.61. The van der Waals surface area contributed by atoms with Crippen LogP contribution in [0.15, 0.2) is 77.7 Å². The minimum Gasteiger partial charge on any atom is -0.406 e. The molecule has 1 fully saturated rings. The first kappa shape index (κ1) is 30.4. The van der Waals surface area contributed by atoms with Crippen molar-refractivity contribution >= 4 is 33.4 Å². The molecule has 0 radical (unpaired) electrons. The summed E-state index contributed by atoms with van der Waals surface area (Å²) in [6.45, 7) is 0.438. The molecule has 0 aromatic heterocycles. The maximum Gasteiger partial charge on any atom is 0.573 e. The highest BCUT2D eigenvalue weighted by atomic mass is 35.5. The van der Waals surface area contributed by atoms with Crippen molar-refractivity contribution in [2.75, 3.05) is 6.54 Å². The molecule has 41 heavy (non-hydrogen) atoms. The second kappa shape index (κ2) is 12.9. The number of sulfonamides is 1. The first-order valence-electron chi connectivity index (χ1n) is 12.7. The Balaban J connectivity index is 1.46. The zero-order valence-electron chi connectivity index (χ0n) is 21.7. The number of carbonyl (C=O) groups is 2. The number of hydrogen-bond acceptors (Lipinski definition) is 5. The molecule has 2 N–H and O–H groups in total. The van der Waals surface area contributed by atoms with Gasteiger partial charge >= 0.3 is 6.36 Å². The van der Waals surface area contributed by atoms with Gasteiger partial charge in [0.25, 0.3) is 5.91 Å². The SMILES string of the molecule is O=C(NCc1ccc(OC(F)(F)F)cc1)c1ccc(CN([C@@H]2CCCCNC2=O)S(=O)(=O)c2ccc(Cl)cc2)cc1. The molecule has 13 heteroatoms. The van der Waals surface area contributed by atoms with Crippen LogP contribution in [0.3, 0.4) is 0 Å². The molecule has 218 valence electrons. The van der Waals surface area contributed by atoms with Crippen molar-refractivity contribution < 1.29 is 35.9 Å². The Kier molecular flexibility index (Phi) is 9.57. The Morgan fingerprint density at radius 2 is 1.61 bits per heavy atom. The molecule has 1 atom stereocenters. The van der Waals surface area contributed by atoms with Crippen LogP contribution in [0.4, 0.5) is 13.2 Å². The highest BCUT2D eigenvalue weighted by Crippen LogP contribution is 2.26. The van der Waals surface area contributed by atoms with Crippen LogP contribution in [0.5, 0.6) is 5.75 Å². The van der Waals surface area contributed by atoms with Gasteiger partial charge in [-0.1, -0.05) is 35.9 Å². The molecule has 1 heterocycles. The summed E-state index contributed by atoms with van der Waals surface area (Å²) in [5.74, 6) is -1.16. The molecule has 3 aromatic rings. The van der Waals surface area contributed by atoms with Crippen molar-refractivity contribution in [1.29, 1.82) is 0 Å². The number of hydrogen-bond donors (Lipinski definition) is 2. The number of halogens is 4. The number of carbonyl (C=O) groups excluding carboxylic acids is 2. The molecule has 1 saturated heterocycles. The molecular formula is C28H27ClF3N3O5S. The fourth-order valence-electron chi connectivity index (χ4n) is 4.34. The number of benzene rings is 3. The van der Waals surface area contributed by atoms with E-state index >= 15 is 0 Å². The average molecular weight is 610 g/mol. The number of rotatable bonds is 9. The summed E-state index contributed by atoms with van der Waals surface area (Å²) in [6.07, 6.45) is -3.01. The molecule has 4 rings (SSSR count). The van der Waals surface area contributed by atoms with Gasteiger partial charge in [-0.05, 0) is 78.9 Å². The third kappa shape index (κ3) is 8.21. The molecule has 0 bridgehead atoms. The van der Waals surface area contributed by atoms with Crippen molar-refractivity contribution in [2.45, 2.75) is 49.7 Å². The molecule has 0 aliphatic carbocycles. The zero-order chi connectivity index (χ0) is 29.6. The Morgan fingerprint density at radius 1 is 0.976 bits per heavy atom. The largest absolute Gasteiger partial charge is 0.573 e. The van der Waals surface area contributed by atoms with E-state index in [0.29, 0.717) is 41.1 Å². The lowest BCUT2D eigenvalue weighted by Crippen LogP contribution is -2.48.